The van der Waals surface area contributed by atoms with E-state index >= 15 is 0 Å². The van der Waals surface area contributed by atoms with Crippen molar-refractivity contribution in [3.63, 3.8) is 0 Å². The summed E-state index contributed by atoms with van der Waals surface area (Å²) in [5.74, 6) is 1.65. The molecule has 0 atom stereocenters. The normalized spacial score (nSPS) is 10.7. The number of aryl methyl sites for hydroxylation is 1. The monoisotopic (exact) mass is 177 g/mol. The molecular formula is C8H11N5. The molecule has 0 amide bonds. The third-order valence-electron chi connectivity index (χ3n) is 1.83. The van der Waals surface area contributed by atoms with Gasteiger partial charge in [-0.15, -0.1) is 0 Å². The van der Waals surface area contributed by atoms with E-state index in [0.29, 0.717) is 0 Å². The number of aromatic amines is 1. The van der Waals surface area contributed by atoms with E-state index in [2.05, 4.69) is 20.2 Å². The van der Waals surface area contributed by atoms with Gasteiger partial charge in [-0.05, 0) is 6.92 Å². The Morgan fingerprint density at radius 2 is 2.08 bits per heavy atom. The number of nitrogens with zero attached hydrogens (tertiary/aromatic N) is 4. The van der Waals surface area contributed by atoms with Gasteiger partial charge in [0.15, 0.2) is 5.65 Å². The van der Waals surface area contributed by atoms with Gasteiger partial charge >= 0.3 is 0 Å². The van der Waals surface area contributed by atoms with Crippen LogP contribution in [0.25, 0.3) is 11.0 Å². The van der Waals surface area contributed by atoms with Crippen molar-refractivity contribution in [2.24, 2.45) is 0 Å². The maximum atomic E-state index is 4.33. The summed E-state index contributed by atoms with van der Waals surface area (Å²) in [7, 11) is 3.91. The Balaban J connectivity index is 2.77. The Morgan fingerprint density at radius 1 is 1.31 bits per heavy atom. The molecule has 0 aliphatic rings. The lowest BCUT2D eigenvalue weighted by Gasteiger charge is -2.11. The molecule has 2 aromatic heterocycles. The van der Waals surface area contributed by atoms with Gasteiger partial charge in [0.05, 0.1) is 11.6 Å². The molecule has 0 bridgehead atoms. The zero-order chi connectivity index (χ0) is 9.42. The smallest absolute Gasteiger partial charge is 0.161 e. The number of nitrogens with one attached hydrogen (secondary N) is 1. The van der Waals surface area contributed by atoms with Gasteiger partial charge in [-0.3, -0.25) is 5.10 Å². The summed E-state index contributed by atoms with van der Waals surface area (Å²) in [5.41, 5.74) is 0.788. The summed E-state index contributed by atoms with van der Waals surface area (Å²) in [6, 6.07) is 0. The first-order valence-electron chi connectivity index (χ1n) is 4.03. The molecule has 0 saturated carbocycles. The molecule has 2 aromatic rings. The van der Waals surface area contributed by atoms with E-state index in [1.165, 1.54) is 0 Å². The molecule has 0 aliphatic heterocycles. The van der Waals surface area contributed by atoms with E-state index in [1.54, 1.807) is 6.20 Å². The minimum atomic E-state index is 0.750. The van der Waals surface area contributed by atoms with Crippen LogP contribution in [0.15, 0.2) is 6.20 Å². The van der Waals surface area contributed by atoms with Crippen LogP contribution in [-0.2, 0) is 0 Å². The van der Waals surface area contributed by atoms with Crippen molar-refractivity contribution in [3.05, 3.63) is 12.0 Å². The molecule has 0 spiro atoms. The predicted molar refractivity (Wildman–Crippen MR) is 50.7 cm³/mol. The van der Waals surface area contributed by atoms with Gasteiger partial charge in [-0.2, -0.15) is 5.10 Å². The third-order valence-corrected chi connectivity index (χ3v) is 1.83. The number of hydrogen-bond acceptors (Lipinski definition) is 4. The fourth-order valence-corrected chi connectivity index (χ4v) is 1.27. The molecule has 0 fully saturated rings. The second-order valence-corrected chi connectivity index (χ2v) is 3.12. The van der Waals surface area contributed by atoms with E-state index in [1.807, 2.05) is 25.9 Å². The fourth-order valence-electron chi connectivity index (χ4n) is 1.27. The Bertz CT molecular complexity index is 431. The number of fused-ring (bicyclic) bond motifs is 1. The standard InChI is InChI=1S/C8H11N5/c1-5-10-7-6(4-9-12-7)8(11-5)13(2)3/h4H,1-3H3,(H,9,10,11,12). The summed E-state index contributed by atoms with van der Waals surface area (Å²) >= 11 is 0. The molecule has 0 unspecified atom stereocenters. The topological polar surface area (TPSA) is 57.7 Å². The van der Waals surface area contributed by atoms with Gasteiger partial charge < -0.3 is 4.90 Å². The van der Waals surface area contributed by atoms with Crippen LogP contribution in [0.2, 0.25) is 0 Å². The zero-order valence-corrected chi connectivity index (χ0v) is 7.87. The Kier molecular flexibility index (Phi) is 1.65. The highest BCUT2D eigenvalue weighted by atomic mass is 15.2. The van der Waals surface area contributed by atoms with Crippen molar-refractivity contribution in [1.29, 1.82) is 0 Å². The van der Waals surface area contributed by atoms with Crippen LogP contribution in [0.4, 0.5) is 5.82 Å². The molecule has 2 heterocycles. The van der Waals surface area contributed by atoms with Crippen LogP contribution < -0.4 is 4.90 Å². The first-order chi connectivity index (χ1) is 6.18. The maximum Gasteiger partial charge on any atom is 0.161 e. The minimum Gasteiger partial charge on any atom is -0.362 e. The number of H-pyrrole nitrogens is 1. The van der Waals surface area contributed by atoms with Crippen molar-refractivity contribution in [3.8, 4) is 0 Å². The highest BCUT2D eigenvalue weighted by Crippen LogP contribution is 2.19. The molecule has 5 nitrogen and oxygen atoms in total. The van der Waals surface area contributed by atoms with E-state index in [4.69, 9.17) is 0 Å². The van der Waals surface area contributed by atoms with Crippen LogP contribution in [-0.4, -0.2) is 34.3 Å². The quantitative estimate of drug-likeness (QED) is 0.697. The second-order valence-electron chi connectivity index (χ2n) is 3.12. The number of anilines is 1. The van der Waals surface area contributed by atoms with Crippen molar-refractivity contribution in [1.82, 2.24) is 20.2 Å². The number of aromatic nitrogens is 4. The predicted octanol–water partition coefficient (Wildman–Crippen LogP) is 0.727. The van der Waals surface area contributed by atoms with E-state index in [9.17, 15) is 0 Å². The molecule has 0 radical (unpaired) electrons. The van der Waals surface area contributed by atoms with Gasteiger partial charge in [0.25, 0.3) is 0 Å². The molecule has 0 aromatic carbocycles. The fraction of sp³-hybridized carbons (Fsp3) is 0.375. The van der Waals surface area contributed by atoms with Crippen molar-refractivity contribution in [2.75, 3.05) is 19.0 Å². The first kappa shape index (κ1) is 7.97. The summed E-state index contributed by atoms with van der Waals surface area (Å²) in [4.78, 5) is 10.5. The van der Waals surface area contributed by atoms with Crippen LogP contribution in [0.1, 0.15) is 5.82 Å². The molecule has 13 heavy (non-hydrogen) atoms. The zero-order valence-electron chi connectivity index (χ0n) is 7.87. The summed E-state index contributed by atoms with van der Waals surface area (Å²) < 4.78 is 0. The molecule has 0 aliphatic carbocycles. The SMILES string of the molecule is Cc1nc(N(C)C)c2cn[nH]c2n1. The van der Waals surface area contributed by atoms with Gasteiger partial charge in [0, 0.05) is 14.1 Å². The van der Waals surface area contributed by atoms with Gasteiger partial charge in [0.2, 0.25) is 0 Å². The maximum absolute atomic E-state index is 4.33. The number of hydrogen-bond donors (Lipinski definition) is 1. The average molecular weight is 177 g/mol. The molecule has 68 valence electrons. The highest BCUT2D eigenvalue weighted by Gasteiger charge is 2.08. The molecular weight excluding hydrogens is 166 g/mol. The lowest BCUT2D eigenvalue weighted by Crippen LogP contribution is -2.12. The Labute approximate surface area is 75.8 Å². The largest absolute Gasteiger partial charge is 0.362 e. The van der Waals surface area contributed by atoms with Crippen molar-refractivity contribution in [2.45, 2.75) is 6.92 Å². The third kappa shape index (κ3) is 1.22. The minimum absolute atomic E-state index is 0.750. The molecule has 2 rings (SSSR count). The summed E-state index contributed by atoms with van der Waals surface area (Å²) in [5, 5.41) is 7.71. The van der Waals surface area contributed by atoms with Crippen LogP contribution in [0, 0.1) is 6.92 Å². The van der Waals surface area contributed by atoms with Gasteiger partial charge in [-0.25, -0.2) is 9.97 Å². The van der Waals surface area contributed by atoms with Crippen LogP contribution in [0.3, 0.4) is 0 Å². The van der Waals surface area contributed by atoms with E-state index in [-0.39, 0.29) is 0 Å². The molecule has 0 saturated heterocycles. The summed E-state index contributed by atoms with van der Waals surface area (Å²) in [6.07, 6.45) is 1.74. The van der Waals surface area contributed by atoms with E-state index in [0.717, 1.165) is 22.7 Å². The lowest BCUT2D eigenvalue weighted by atomic mass is 10.4. The average Bonchev–Trinajstić information content (AvgIpc) is 2.49. The van der Waals surface area contributed by atoms with Gasteiger partial charge in [-0.1, -0.05) is 0 Å². The Morgan fingerprint density at radius 3 is 2.77 bits per heavy atom. The lowest BCUT2D eigenvalue weighted by molar-refractivity contribution is 1.01. The van der Waals surface area contributed by atoms with E-state index < -0.39 is 0 Å². The van der Waals surface area contributed by atoms with Crippen LogP contribution >= 0.6 is 0 Å². The highest BCUT2D eigenvalue weighted by molar-refractivity contribution is 5.86. The number of rotatable bonds is 1. The van der Waals surface area contributed by atoms with Crippen molar-refractivity contribution >= 4 is 16.9 Å². The van der Waals surface area contributed by atoms with Crippen LogP contribution in [0.5, 0.6) is 0 Å². The Hall–Kier alpha value is -1.65. The molecule has 1 N–H and O–H groups in total. The molecule has 5 heteroatoms. The second kappa shape index (κ2) is 2.69. The first-order valence-corrected chi connectivity index (χ1v) is 4.03. The summed E-state index contributed by atoms with van der Waals surface area (Å²) in [6.45, 7) is 1.87. The van der Waals surface area contributed by atoms with Gasteiger partial charge in [0.1, 0.15) is 11.6 Å². The van der Waals surface area contributed by atoms with Crippen molar-refractivity contribution < 1.29 is 0 Å².